The highest BCUT2D eigenvalue weighted by atomic mass is 19.1. The summed E-state index contributed by atoms with van der Waals surface area (Å²) >= 11 is 0. The van der Waals surface area contributed by atoms with Crippen LogP contribution in [0.3, 0.4) is 0 Å². The predicted molar refractivity (Wildman–Crippen MR) is 186 cm³/mol. The minimum Gasteiger partial charge on any atom is -0.487 e. The van der Waals surface area contributed by atoms with Gasteiger partial charge in [-0.25, -0.2) is 33.6 Å². The van der Waals surface area contributed by atoms with Crippen LogP contribution in [0.2, 0.25) is 0 Å². The number of carbonyl (C=O) groups excluding carboxylic acids is 2. The molecule has 1 N–H and O–H groups in total. The van der Waals surface area contributed by atoms with E-state index in [0.29, 0.717) is 58.4 Å². The molecule has 1 aromatic carbocycles. The molecule has 2 aliphatic heterocycles. The molecular weight excluding hydrogens is 659 g/mol. The zero-order chi connectivity index (χ0) is 40.2. The Morgan fingerprint density at radius 1 is 1.20 bits per heavy atom. The summed E-state index contributed by atoms with van der Waals surface area (Å²) < 4.78 is 74.4. The smallest absolute Gasteiger partial charge is 0.410 e. The number of piperazine rings is 1. The fourth-order valence-electron chi connectivity index (χ4n) is 5.67. The van der Waals surface area contributed by atoms with Gasteiger partial charge in [0.25, 0.3) is 0 Å². The lowest BCUT2D eigenvalue weighted by molar-refractivity contribution is -0.129. The zero-order valence-corrected chi connectivity index (χ0v) is 28.1. The molecule has 0 aliphatic carbocycles. The van der Waals surface area contributed by atoms with Crippen molar-refractivity contribution in [1.82, 2.24) is 39.3 Å². The second-order valence-electron chi connectivity index (χ2n) is 12.9. The maximum atomic E-state index is 15.6. The molecule has 264 valence electrons. The third-order valence-corrected chi connectivity index (χ3v) is 8.06. The first-order chi connectivity index (χ1) is 26.4. The van der Waals surface area contributed by atoms with Gasteiger partial charge in [-0.3, -0.25) is 4.79 Å². The minimum absolute atomic E-state index is 0.0111. The summed E-state index contributed by atoms with van der Waals surface area (Å²) in [6.07, 6.45) is 4.68. The molecule has 2 bridgehead atoms. The van der Waals surface area contributed by atoms with E-state index in [4.69, 9.17) is 26.0 Å². The Kier molecular flexibility index (Phi) is 7.25. The van der Waals surface area contributed by atoms with E-state index in [0.717, 1.165) is 12.2 Å². The van der Waals surface area contributed by atoms with Crippen LogP contribution in [0.4, 0.5) is 26.5 Å². The molecule has 4 aromatic heterocycles. The Hall–Kier alpha value is -6.06. The number of fused-ring (bicyclic) bond motifs is 6. The van der Waals surface area contributed by atoms with E-state index in [1.165, 1.54) is 44.4 Å². The first-order valence-corrected chi connectivity index (χ1v) is 16.0. The van der Waals surface area contributed by atoms with Crippen LogP contribution in [0, 0.1) is 12.7 Å². The van der Waals surface area contributed by atoms with Gasteiger partial charge in [-0.05, 0) is 45.4 Å². The quantitative estimate of drug-likeness (QED) is 0.230. The van der Waals surface area contributed by atoms with Crippen LogP contribution < -0.4 is 19.7 Å². The van der Waals surface area contributed by atoms with Gasteiger partial charge in [-0.2, -0.15) is 5.10 Å². The molecule has 1 saturated heterocycles. The highest BCUT2D eigenvalue weighted by Crippen LogP contribution is 2.37. The van der Waals surface area contributed by atoms with Crippen LogP contribution in [0.1, 0.15) is 33.2 Å². The highest BCUT2D eigenvalue weighted by Gasteiger charge is 2.35. The number of ether oxygens (including phenoxy) is 3. The summed E-state index contributed by atoms with van der Waals surface area (Å²) in [6.45, 7) is 1.11. The van der Waals surface area contributed by atoms with E-state index in [1.807, 2.05) is 4.90 Å². The van der Waals surface area contributed by atoms with Crippen molar-refractivity contribution in [2.45, 2.75) is 39.3 Å². The van der Waals surface area contributed by atoms with E-state index < -0.39 is 42.9 Å². The number of nitrogens with one attached hydrogen (secondary N) is 1. The largest absolute Gasteiger partial charge is 0.487 e. The maximum absolute atomic E-state index is 15.6. The molecule has 6 heterocycles. The summed E-state index contributed by atoms with van der Waals surface area (Å²) in [4.78, 5) is 47.3. The fraction of sp³-hybridized carbons (Fsp3) is 0.343. The second kappa shape index (κ2) is 13.3. The average molecular weight is 702 g/mol. The number of aromatic nitrogens is 6. The number of amides is 2. The number of benzene rings is 1. The van der Waals surface area contributed by atoms with Gasteiger partial charge in [0.15, 0.2) is 23.0 Å². The van der Waals surface area contributed by atoms with Crippen molar-refractivity contribution in [2.24, 2.45) is 0 Å². The van der Waals surface area contributed by atoms with Gasteiger partial charge >= 0.3 is 6.09 Å². The van der Waals surface area contributed by atoms with E-state index in [1.54, 1.807) is 41.9 Å². The molecule has 7 rings (SSSR count). The number of rotatable bonds is 7. The van der Waals surface area contributed by atoms with E-state index in [2.05, 4.69) is 25.4 Å². The van der Waals surface area contributed by atoms with Crippen molar-refractivity contribution in [3.63, 3.8) is 0 Å². The summed E-state index contributed by atoms with van der Waals surface area (Å²) in [5, 5.41) is 7.11. The van der Waals surface area contributed by atoms with Gasteiger partial charge in [-0.15, -0.1) is 0 Å². The molecular formula is C35H37FN10O5. The van der Waals surface area contributed by atoms with Crippen LogP contribution in [0.25, 0.3) is 16.7 Å². The number of pyridine rings is 2. The first kappa shape index (κ1) is 27.7. The van der Waals surface area contributed by atoms with E-state index in [-0.39, 0.29) is 29.6 Å². The van der Waals surface area contributed by atoms with Crippen molar-refractivity contribution < 1.29 is 35.0 Å². The Morgan fingerprint density at radius 3 is 2.88 bits per heavy atom. The Balaban J connectivity index is 1.08. The summed E-state index contributed by atoms with van der Waals surface area (Å²) in [6, 6.07) is 7.44. The number of carbonyl (C=O) groups is 2. The molecule has 1 fully saturated rings. The molecule has 0 saturated carbocycles. The van der Waals surface area contributed by atoms with Crippen LogP contribution >= 0.6 is 0 Å². The molecule has 0 radical (unpaired) electrons. The Labute approximate surface area is 299 Å². The molecule has 0 unspecified atom stereocenters. The van der Waals surface area contributed by atoms with Crippen molar-refractivity contribution in [3.8, 4) is 17.2 Å². The van der Waals surface area contributed by atoms with Crippen molar-refractivity contribution in [3.05, 3.63) is 72.7 Å². The van der Waals surface area contributed by atoms with Gasteiger partial charge in [-0.1, -0.05) is 6.08 Å². The molecule has 51 heavy (non-hydrogen) atoms. The third kappa shape index (κ3) is 7.15. The Morgan fingerprint density at radius 2 is 2.06 bits per heavy atom. The SMILES string of the molecule is [2H]C([2H])([2H])N(C(=O)OC(C)(C)C)C([2H])([2H])/C=C/C(=O)N1CCN2C[C@H]1COc1cc3ncnc(Nc4cc(C)c(Oc5ccn6ncnc6c5)cc4F)c3nc12. The summed E-state index contributed by atoms with van der Waals surface area (Å²) in [5.74, 6) is 0.686. The predicted octanol–water partition coefficient (Wildman–Crippen LogP) is 4.88. The van der Waals surface area contributed by atoms with Gasteiger partial charge in [0.2, 0.25) is 5.91 Å². The van der Waals surface area contributed by atoms with Gasteiger partial charge in [0.05, 0.1) is 20.0 Å². The zero-order valence-electron chi connectivity index (χ0n) is 33.1. The fourth-order valence-corrected chi connectivity index (χ4v) is 5.67. The number of likely N-dealkylation sites (N-methyl/N-ethyl adjacent to an activating group) is 1. The number of nitrogens with zero attached hydrogens (tertiary/aromatic N) is 9. The van der Waals surface area contributed by atoms with Crippen molar-refractivity contribution in [2.75, 3.05) is 49.9 Å². The normalized spacial score (nSPS) is 17.7. The van der Waals surface area contributed by atoms with E-state index in [9.17, 15) is 9.59 Å². The topological polar surface area (TPSA) is 152 Å². The van der Waals surface area contributed by atoms with Crippen LogP contribution in [-0.2, 0) is 9.53 Å². The molecule has 0 spiro atoms. The highest BCUT2D eigenvalue weighted by molar-refractivity contribution is 5.91. The standard InChI is InChI=1S/C35H37FN10O5/c1-21-13-25(24(36)15-27(21)50-23-8-10-46-29(14-23)38-20-40-46)41-32-31-26(37-19-39-32)16-28-33(42-31)44-11-12-45(22(17-44)18-49-28)30(47)7-6-9-43(5)34(48)51-35(2,3)4/h6-8,10,13-16,19-20,22H,9,11-12,17-18H2,1-5H3,(H,37,39,41)/b7-6+/t22-/m0/s1/i5D3,9D2. The number of hydrogen-bond donors (Lipinski definition) is 1. The van der Waals surface area contributed by atoms with Crippen LogP contribution in [0.15, 0.2) is 61.3 Å². The average Bonchev–Trinajstić information content (AvgIpc) is 3.53. The lowest BCUT2D eigenvalue weighted by Crippen LogP contribution is -2.56. The molecule has 1 atom stereocenters. The summed E-state index contributed by atoms with van der Waals surface area (Å²) in [5.41, 5.74) is 1.03. The minimum atomic E-state index is -3.20. The third-order valence-electron chi connectivity index (χ3n) is 8.06. The second-order valence-corrected chi connectivity index (χ2v) is 12.9. The molecule has 2 aliphatic rings. The van der Waals surface area contributed by atoms with Gasteiger partial charge < -0.3 is 34.2 Å². The molecule has 5 aromatic rings. The number of aryl methyl sites for hydroxylation is 1. The summed E-state index contributed by atoms with van der Waals surface area (Å²) in [7, 11) is 0. The number of anilines is 3. The van der Waals surface area contributed by atoms with Gasteiger partial charge in [0, 0.05) is 67.7 Å². The molecule has 2 amide bonds. The molecule has 15 nitrogen and oxygen atoms in total. The van der Waals surface area contributed by atoms with Crippen LogP contribution in [-0.4, -0.2) is 103 Å². The monoisotopic (exact) mass is 701 g/mol. The van der Waals surface area contributed by atoms with E-state index >= 15 is 4.39 Å². The van der Waals surface area contributed by atoms with Crippen molar-refractivity contribution in [1.29, 1.82) is 0 Å². The van der Waals surface area contributed by atoms with Gasteiger partial charge in [0.1, 0.15) is 47.7 Å². The maximum Gasteiger partial charge on any atom is 0.410 e. The molecule has 16 heteroatoms. The van der Waals surface area contributed by atoms with Crippen LogP contribution in [0.5, 0.6) is 17.2 Å². The number of hydrogen-bond acceptors (Lipinski definition) is 12. The lowest BCUT2D eigenvalue weighted by atomic mass is 10.1. The lowest BCUT2D eigenvalue weighted by Gasteiger charge is -2.39. The van der Waals surface area contributed by atoms with Crippen molar-refractivity contribution >= 4 is 46.0 Å². The Bertz CT molecular complexity index is 2370. The number of halogens is 1. The first-order valence-electron chi connectivity index (χ1n) is 18.5.